The van der Waals surface area contributed by atoms with Crippen LogP contribution in [0.5, 0.6) is 11.5 Å². The molecule has 0 aromatic heterocycles. The molecule has 0 heterocycles. The van der Waals surface area contributed by atoms with Crippen molar-refractivity contribution >= 4 is 54.7 Å². The van der Waals surface area contributed by atoms with Gasteiger partial charge in [0.25, 0.3) is 0 Å². The molecule has 0 radical (unpaired) electrons. The van der Waals surface area contributed by atoms with Crippen molar-refractivity contribution in [2.24, 2.45) is 0 Å². The first-order chi connectivity index (χ1) is 20.8. The summed E-state index contributed by atoms with van der Waals surface area (Å²) in [5.74, 6) is -0.0476. The molecule has 4 aromatic carbocycles. The van der Waals surface area contributed by atoms with E-state index in [0.717, 1.165) is 15.9 Å². The van der Waals surface area contributed by atoms with Gasteiger partial charge in [0, 0.05) is 0 Å². The Morgan fingerprint density at radius 2 is 1.23 bits per heavy atom. The van der Waals surface area contributed by atoms with Gasteiger partial charge >= 0.3 is 219 Å². The van der Waals surface area contributed by atoms with Gasteiger partial charge in [0.1, 0.15) is 0 Å². The topological polar surface area (TPSA) is 91.3 Å². The van der Waals surface area contributed by atoms with Crippen LogP contribution in [0.3, 0.4) is 0 Å². The number of halogens is 1. The van der Waals surface area contributed by atoms with E-state index in [1.54, 1.807) is 31.4 Å². The fourth-order valence-electron chi connectivity index (χ4n) is 4.81. The first-order valence-corrected chi connectivity index (χ1v) is 18.0. The average Bonchev–Trinajstić information content (AvgIpc) is 3.06. The quantitative estimate of drug-likeness (QED) is 0.122. The Bertz CT molecular complexity index is 1450. The molecule has 0 saturated heterocycles. The minimum Gasteiger partial charge on any atom is -0.493 e. The summed E-state index contributed by atoms with van der Waals surface area (Å²) in [6.07, 6.45) is 1.62. The predicted molar refractivity (Wildman–Crippen MR) is 175 cm³/mol. The molecule has 0 bridgehead atoms. The van der Waals surface area contributed by atoms with Crippen molar-refractivity contribution in [3.8, 4) is 11.5 Å². The van der Waals surface area contributed by atoms with Gasteiger partial charge in [0.2, 0.25) is 0 Å². The van der Waals surface area contributed by atoms with Gasteiger partial charge in [-0.05, 0) is 6.07 Å². The van der Waals surface area contributed by atoms with Crippen molar-refractivity contribution in [3.05, 3.63) is 121 Å². The van der Waals surface area contributed by atoms with Gasteiger partial charge in [0.05, 0.1) is 14.2 Å². The smallest absolute Gasteiger partial charge is 0.493 e. The van der Waals surface area contributed by atoms with Gasteiger partial charge in [0.15, 0.2) is 11.5 Å². The van der Waals surface area contributed by atoms with Crippen LogP contribution in [0.25, 0.3) is 6.08 Å². The van der Waals surface area contributed by atoms with Crippen LogP contribution in [0.4, 0.5) is 0 Å². The predicted octanol–water partition coefficient (Wildman–Crippen LogP) is 5.00. The van der Waals surface area contributed by atoms with E-state index in [1.165, 1.54) is 13.2 Å². The summed E-state index contributed by atoms with van der Waals surface area (Å²) >= 11 is 4.20. The summed E-state index contributed by atoms with van der Waals surface area (Å²) in [6, 6.07) is 34.8. The van der Waals surface area contributed by atoms with E-state index in [2.05, 4.69) is 15.5 Å². The molecule has 0 aliphatic carbocycles. The van der Waals surface area contributed by atoms with Crippen LogP contribution >= 0.6 is 20.8 Å². The number of esters is 2. The summed E-state index contributed by atoms with van der Waals surface area (Å²) < 4.78 is 21.2. The maximum atomic E-state index is 13.5. The summed E-state index contributed by atoms with van der Waals surface area (Å²) in [5, 5.41) is 9.85. The fourth-order valence-corrected chi connectivity index (χ4v) is 12.0. The van der Waals surface area contributed by atoms with Crippen molar-refractivity contribution in [1.29, 1.82) is 0 Å². The Kier molecular flexibility index (Phi) is 10.8. The number of ether oxygens (including phenoxy) is 4. The van der Waals surface area contributed by atoms with Gasteiger partial charge in [-0.3, -0.25) is 0 Å². The third kappa shape index (κ3) is 7.34. The third-order valence-electron chi connectivity index (χ3n) is 6.98. The van der Waals surface area contributed by atoms with E-state index < -0.39 is 23.3 Å². The monoisotopic (exact) mass is 664 g/mol. The molecule has 43 heavy (non-hydrogen) atoms. The van der Waals surface area contributed by atoms with Crippen LogP contribution in [0.1, 0.15) is 5.56 Å². The van der Waals surface area contributed by atoms with E-state index in [-0.39, 0.29) is 19.4 Å². The SMILES string of the molecule is COc1ccc(/C=C/C(=O)OCC(O)COC(=O)CP(Br)(c2ccccc2)(c2ccccc2)c2ccccc2)cc1OC. The molecule has 0 saturated carbocycles. The molecule has 0 aliphatic heterocycles. The Morgan fingerprint density at radius 1 is 0.744 bits per heavy atom. The number of aliphatic hydroxyl groups is 1. The Balaban J connectivity index is 1.44. The first kappa shape index (κ1) is 32.0. The van der Waals surface area contributed by atoms with E-state index in [1.807, 2.05) is 91.0 Å². The van der Waals surface area contributed by atoms with Crippen molar-refractivity contribution < 1.29 is 33.6 Å². The molecule has 1 N–H and O–H groups in total. The molecule has 1 atom stereocenters. The van der Waals surface area contributed by atoms with Crippen molar-refractivity contribution in [1.82, 2.24) is 0 Å². The Hall–Kier alpha value is -3.97. The molecule has 0 fully saturated rings. The second-order valence-corrected chi connectivity index (χ2v) is 18.7. The Labute approximate surface area is 259 Å². The normalized spacial score (nSPS) is 13.0. The zero-order chi connectivity index (χ0) is 30.7. The summed E-state index contributed by atoms with van der Waals surface area (Å²) in [7, 11) is 3.07. The van der Waals surface area contributed by atoms with Crippen LogP contribution < -0.4 is 25.4 Å². The summed E-state index contributed by atoms with van der Waals surface area (Å²) in [4.78, 5) is 25.8. The number of hydrogen-bond acceptors (Lipinski definition) is 7. The van der Waals surface area contributed by atoms with Crippen LogP contribution in [0.15, 0.2) is 115 Å². The Morgan fingerprint density at radius 3 is 1.72 bits per heavy atom. The van der Waals surface area contributed by atoms with Crippen molar-refractivity contribution in [2.75, 3.05) is 33.6 Å². The van der Waals surface area contributed by atoms with Crippen LogP contribution in [0, 0.1) is 0 Å². The zero-order valence-corrected chi connectivity index (χ0v) is 26.4. The zero-order valence-electron chi connectivity index (χ0n) is 24.0. The molecule has 0 aliphatic rings. The van der Waals surface area contributed by atoms with E-state index in [9.17, 15) is 14.7 Å². The van der Waals surface area contributed by atoms with Crippen molar-refractivity contribution in [3.63, 3.8) is 0 Å². The molecule has 7 nitrogen and oxygen atoms in total. The number of rotatable bonds is 13. The number of methoxy groups -OCH3 is 2. The number of hydrogen-bond donors (Lipinski definition) is 1. The molecule has 1 unspecified atom stereocenters. The summed E-state index contributed by atoms with van der Waals surface area (Å²) in [6.45, 7) is -0.667. The van der Waals surface area contributed by atoms with Crippen molar-refractivity contribution in [2.45, 2.75) is 6.10 Å². The van der Waals surface area contributed by atoms with Crippen LogP contribution in [-0.4, -0.2) is 56.7 Å². The summed E-state index contributed by atoms with van der Waals surface area (Å²) in [5.41, 5.74) is 0.704. The van der Waals surface area contributed by atoms with Crippen LogP contribution in [0.2, 0.25) is 0 Å². The van der Waals surface area contributed by atoms with E-state index >= 15 is 0 Å². The minimum atomic E-state index is -3.53. The number of carbonyl (C=O) groups is 2. The van der Waals surface area contributed by atoms with E-state index in [0.29, 0.717) is 17.1 Å². The minimum absolute atomic E-state index is 0.0181. The second kappa shape index (κ2) is 14.5. The molecule has 0 amide bonds. The molecule has 4 aromatic rings. The molecular weight excluding hydrogens is 631 g/mol. The third-order valence-corrected chi connectivity index (χ3v) is 16.4. The van der Waals surface area contributed by atoms with Gasteiger partial charge in [-0.15, -0.1) is 0 Å². The van der Waals surface area contributed by atoms with E-state index in [4.69, 9.17) is 18.9 Å². The fraction of sp³-hybridized carbons (Fsp3) is 0.176. The standard InChI is InChI=1S/C34H34BrO7P/c1-39-31-20-18-26(22-32(31)40-2)19-21-33(37)41-23-27(36)24-42-34(38)25-43(35,28-12-6-3-7-13-28,29-14-8-4-9-15-29)30-16-10-5-11-17-30/h3-22,27,36H,23-25H2,1-2H3/b21-19+. The number of aliphatic hydroxyl groups excluding tert-OH is 1. The van der Waals surface area contributed by atoms with Crippen LogP contribution in [-0.2, 0) is 19.1 Å². The van der Waals surface area contributed by atoms with Gasteiger partial charge < -0.3 is 9.47 Å². The molecule has 9 heteroatoms. The number of benzene rings is 4. The molecule has 224 valence electrons. The molecular formula is C34H34BrO7P. The average molecular weight is 666 g/mol. The molecule has 0 spiro atoms. The maximum absolute atomic E-state index is 13.5. The first-order valence-electron chi connectivity index (χ1n) is 13.6. The van der Waals surface area contributed by atoms with Gasteiger partial charge in [-0.2, -0.15) is 0 Å². The molecule has 4 rings (SSSR count). The van der Waals surface area contributed by atoms with Gasteiger partial charge in [-0.25, -0.2) is 0 Å². The van der Waals surface area contributed by atoms with Gasteiger partial charge in [-0.1, -0.05) is 0 Å². The second-order valence-electron chi connectivity index (χ2n) is 9.76. The number of carbonyl (C=O) groups excluding carboxylic acids is 2.